The zero-order valence-electron chi connectivity index (χ0n) is 14.9. The van der Waals surface area contributed by atoms with Crippen molar-refractivity contribution in [3.8, 4) is 0 Å². The predicted octanol–water partition coefficient (Wildman–Crippen LogP) is 3.01. The van der Waals surface area contributed by atoms with Crippen LogP contribution in [-0.4, -0.2) is 24.4 Å². The number of hydrogen-bond donors (Lipinski definition) is 3. The molecule has 0 aromatic heterocycles. The van der Waals surface area contributed by atoms with Gasteiger partial charge in [0.1, 0.15) is 0 Å². The molecule has 0 saturated heterocycles. The van der Waals surface area contributed by atoms with Gasteiger partial charge in [-0.3, -0.25) is 14.9 Å². The SMILES string of the molecule is CCCCCCCCCCCC(=O)NC(=O)[C@@H](N)CCCCN. The highest BCUT2D eigenvalue weighted by Crippen LogP contribution is 2.10. The van der Waals surface area contributed by atoms with Crippen LogP contribution in [0.25, 0.3) is 0 Å². The maximum Gasteiger partial charge on any atom is 0.243 e. The van der Waals surface area contributed by atoms with E-state index in [2.05, 4.69) is 12.2 Å². The van der Waals surface area contributed by atoms with Crippen LogP contribution in [0.1, 0.15) is 90.4 Å². The molecular weight excluding hydrogens is 290 g/mol. The van der Waals surface area contributed by atoms with E-state index in [9.17, 15) is 9.59 Å². The van der Waals surface area contributed by atoms with Gasteiger partial charge in [0.2, 0.25) is 11.8 Å². The first-order valence-electron chi connectivity index (χ1n) is 9.41. The Hall–Kier alpha value is -0.940. The summed E-state index contributed by atoms with van der Waals surface area (Å²) in [6.45, 7) is 2.83. The normalized spacial score (nSPS) is 12.1. The molecule has 0 saturated carbocycles. The molecule has 5 heteroatoms. The summed E-state index contributed by atoms with van der Waals surface area (Å²) in [5, 5.41) is 2.40. The number of unbranched alkanes of at least 4 members (excludes halogenated alkanes) is 9. The molecule has 0 unspecified atom stereocenters. The molecule has 0 fully saturated rings. The molecule has 0 aliphatic heterocycles. The first kappa shape index (κ1) is 22.1. The summed E-state index contributed by atoms with van der Waals surface area (Å²) in [5.74, 6) is -0.560. The fourth-order valence-corrected chi connectivity index (χ4v) is 2.53. The van der Waals surface area contributed by atoms with E-state index < -0.39 is 6.04 Å². The molecule has 5 N–H and O–H groups in total. The Labute approximate surface area is 141 Å². The second kappa shape index (κ2) is 15.9. The van der Waals surface area contributed by atoms with Gasteiger partial charge in [0, 0.05) is 6.42 Å². The number of nitrogens with two attached hydrogens (primary N) is 2. The Bertz CT molecular complexity index is 309. The second-order valence-corrected chi connectivity index (χ2v) is 6.38. The summed E-state index contributed by atoms with van der Waals surface area (Å²) in [6.07, 6.45) is 13.6. The summed E-state index contributed by atoms with van der Waals surface area (Å²) in [5.41, 5.74) is 11.1. The van der Waals surface area contributed by atoms with Crippen molar-refractivity contribution in [2.45, 2.75) is 96.4 Å². The highest BCUT2D eigenvalue weighted by molar-refractivity contribution is 5.97. The molecule has 2 amide bonds. The van der Waals surface area contributed by atoms with E-state index in [1.54, 1.807) is 0 Å². The van der Waals surface area contributed by atoms with Crippen LogP contribution in [0, 0.1) is 0 Å². The Morgan fingerprint density at radius 1 is 0.870 bits per heavy atom. The Morgan fingerprint density at radius 3 is 2.00 bits per heavy atom. The summed E-state index contributed by atoms with van der Waals surface area (Å²) in [7, 11) is 0. The lowest BCUT2D eigenvalue weighted by atomic mass is 10.1. The molecule has 0 heterocycles. The number of nitrogens with one attached hydrogen (secondary N) is 1. The number of imide groups is 1. The average Bonchev–Trinajstić information content (AvgIpc) is 2.53. The smallest absolute Gasteiger partial charge is 0.243 e. The van der Waals surface area contributed by atoms with Crippen molar-refractivity contribution in [1.82, 2.24) is 5.32 Å². The molecule has 0 bridgehead atoms. The average molecular weight is 328 g/mol. The molecule has 0 aromatic rings. The largest absolute Gasteiger partial charge is 0.330 e. The van der Waals surface area contributed by atoms with E-state index in [4.69, 9.17) is 11.5 Å². The molecule has 0 aromatic carbocycles. The van der Waals surface area contributed by atoms with Crippen molar-refractivity contribution in [2.24, 2.45) is 11.5 Å². The van der Waals surface area contributed by atoms with E-state index >= 15 is 0 Å². The second-order valence-electron chi connectivity index (χ2n) is 6.38. The zero-order valence-corrected chi connectivity index (χ0v) is 14.9. The van der Waals surface area contributed by atoms with Crippen LogP contribution in [0.3, 0.4) is 0 Å². The van der Waals surface area contributed by atoms with E-state index in [1.807, 2.05) is 0 Å². The van der Waals surface area contributed by atoms with Gasteiger partial charge in [-0.1, -0.05) is 64.7 Å². The number of carbonyl (C=O) groups is 2. The van der Waals surface area contributed by atoms with Crippen molar-refractivity contribution >= 4 is 11.8 Å². The Balaban J connectivity index is 3.50. The molecule has 23 heavy (non-hydrogen) atoms. The Kier molecular flexibility index (Phi) is 15.3. The molecule has 5 nitrogen and oxygen atoms in total. The van der Waals surface area contributed by atoms with Crippen molar-refractivity contribution in [3.63, 3.8) is 0 Å². The van der Waals surface area contributed by atoms with E-state index in [0.717, 1.165) is 25.7 Å². The van der Waals surface area contributed by atoms with Crippen LogP contribution < -0.4 is 16.8 Å². The first-order chi connectivity index (χ1) is 11.1. The van der Waals surface area contributed by atoms with Gasteiger partial charge in [0.25, 0.3) is 0 Å². The summed E-state index contributed by atoms with van der Waals surface area (Å²) in [6, 6.07) is -0.603. The number of hydrogen-bond acceptors (Lipinski definition) is 4. The van der Waals surface area contributed by atoms with Gasteiger partial charge in [-0.25, -0.2) is 0 Å². The van der Waals surface area contributed by atoms with Gasteiger partial charge in [-0.05, 0) is 25.8 Å². The van der Waals surface area contributed by atoms with Crippen LogP contribution in [0.15, 0.2) is 0 Å². The monoisotopic (exact) mass is 327 g/mol. The van der Waals surface area contributed by atoms with Crippen LogP contribution in [0.2, 0.25) is 0 Å². The van der Waals surface area contributed by atoms with E-state index in [1.165, 1.54) is 44.9 Å². The van der Waals surface area contributed by atoms with Gasteiger partial charge in [0.05, 0.1) is 6.04 Å². The first-order valence-corrected chi connectivity index (χ1v) is 9.41. The van der Waals surface area contributed by atoms with E-state index in [0.29, 0.717) is 19.4 Å². The molecule has 0 rings (SSSR count). The van der Waals surface area contributed by atoms with Crippen molar-refractivity contribution in [3.05, 3.63) is 0 Å². The van der Waals surface area contributed by atoms with Crippen LogP contribution >= 0.6 is 0 Å². The third-order valence-corrected chi connectivity index (χ3v) is 4.08. The van der Waals surface area contributed by atoms with E-state index in [-0.39, 0.29) is 11.8 Å². The quantitative estimate of drug-likeness (QED) is 0.403. The number of amides is 2. The highest BCUT2D eigenvalue weighted by atomic mass is 16.2. The number of carbonyl (C=O) groups excluding carboxylic acids is 2. The predicted molar refractivity (Wildman–Crippen MR) is 95.9 cm³/mol. The topological polar surface area (TPSA) is 98.2 Å². The molecule has 0 aliphatic carbocycles. The molecule has 0 aliphatic rings. The summed E-state index contributed by atoms with van der Waals surface area (Å²) in [4.78, 5) is 23.4. The molecule has 0 radical (unpaired) electrons. The third kappa shape index (κ3) is 14.4. The van der Waals surface area contributed by atoms with Crippen molar-refractivity contribution < 1.29 is 9.59 Å². The summed E-state index contributed by atoms with van der Waals surface area (Å²) >= 11 is 0. The van der Waals surface area contributed by atoms with Gasteiger partial charge in [0.15, 0.2) is 0 Å². The molecule has 136 valence electrons. The fraction of sp³-hybridized carbons (Fsp3) is 0.889. The Morgan fingerprint density at radius 2 is 1.43 bits per heavy atom. The maximum atomic E-state index is 11.7. The molecule has 0 spiro atoms. The van der Waals surface area contributed by atoms with Gasteiger partial charge < -0.3 is 11.5 Å². The van der Waals surface area contributed by atoms with Crippen LogP contribution in [0.4, 0.5) is 0 Å². The van der Waals surface area contributed by atoms with Gasteiger partial charge in [-0.15, -0.1) is 0 Å². The van der Waals surface area contributed by atoms with Gasteiger partial charge >= 0.3 is 0 Å². The zero-order chi connectivity index (χ0) is 17.3. The standard InChI is InChI=1S/C18H37N3O2/c1-2-3-4-5-6-7-8-9-10-14-17(22)21-18(23)16(20)13-11-12-15-19/h16H,2-15,19-20H2,1H3,(H,21,22,23)/t16-/m0/s1. The third-order valence-electron chi connectivity index (χ3n) is 4.08. The number of rotatable bonds is 15. The molecule has 1 atom stereocenters. The highest BCUT2D eigenvalue weighted by Gasteiger charge is 2.15. The lowest BCUT2D eigenvalue weighted by Gasteiger charge is -2.11. The molecular formula is C18H37N3O2. The minimum atomic E-state index is -0.603. The van der Waals surface area contributed by atoms with Crippen molar-refractivity contribution in [2.75, 3.05) is 6.54 Å². The van der Waals surface area contributed by atoms with Gasteiger partial charge in [-0.2, -0.15) is 0 Å². The minimum absolute atomic E-state index is 0.202. The van der Waals surface area contributed by atoms with Crippen molar-refractivity contribution in [1.29, 1.82) is 0 Å². The van der Waals surface area contributed by atoms with Crippen LogP contribution in [-0.2, 0) is 9.59 Å². The lowest BCUT2D eigenvalue weighted by molar-refractivity contribution is -0.131. The maximum absolute atomic E-state index is 11.7. The minimum Gasteiger partial charge on any atom is -0.330 e. The fourth-order valence-electron chi connectivity index (χ4n) is 2.53. The van der Waals surface area contributed by atoms with Crippen LogP contribution in [0.5, 0.6) is 0 Å². The summed E-state index contributed by atoms with van der Waals surface area (Å²) < 4.78 is 0. The lowest BCUT2D eigenvalue weighted by Crippen LogP contribution is -2.43.